The first-order chi connectivity index (χ1) is 13.8. The van der Waals surface area contributed by atoms with Crippen molar-refractivity contribution in [3.05, 3.63) is 40.1 Å². The number of thioether (sulfide) groups is 1. The Morgan fingerprint density at radius 1 is 1.31 bits per heavy atom. The summed E-state index contributed by atoms with van der Waals surface area (Å²) in [5.41, 5.74) is -0.931. The zero-order valence-corrected chi connectivity index (χ0v) is 17.5. The fourth-order valence-corrected chi connectivity index (χ4v) is 4.35. The first-order valence-electron chi connectivity index (χ1n) is 8.68. The van der Waals surface area contributed by atoms with Crippen molar-refractivity contribution in [3.63, 3.8) is 0 Å². The predicted molar refractivity (Wildman–Crippen MR) is 105 cm³/mol. The highest BCUT2D eigenvalue weighted by molar-refractivity contribution is 7.99. The van der Waals surface area contributed by atoms with Crippen molar-refractivity contribution in [1.29, 1.82) is 0 Å². The van der Waals surface area contributed by atoms with Gasteiger partial charge in [-0.1, -0.05) is 40.2 Å². The van der Waals surface area contributed by atoms with Crippen LogP contribution in [-0.2, 0) is 9.47 Å². The lowest BCUT2D eigenvalue weighted by atomic mass is 9.97. The molecule has 9 nitrogen and oxygen atoms in total. The zero-order chi connectivity index (χ0) is 21.1. The molecule has 2 heterocycles. The molecule has 1 fully saturated rings. The minimum atomic E-state index is -1.29. The average Bonchev–Trinajstić information content (AvgIpc) is 3.17. The van der Waals surface area contributed by atoms with Crippen LogP contribution in [0.1, 0.15) is 23.5 Å². The Kier molecular flexibility index (Phi) is 7.38. The Balaban J connectivity index is 1.85. The van der Waals surface area contributed by atoms with Crippen LogP contribution in [0.2, 0.25) is 10.0 Å². The third-order valence-electron chi connectivity index (χ3n) is 4.29. The summed E-state index contributed by atoms with van der Waals surface area (Å²) in [6.45, 7) is 1.34. The van der Waals surface area contributed by atoms with Crippen LogP contribution >= 0.6 is 35.0 Å². The van der Waals surface area contributed by atoms with E-state index in [0.29, 0.717) is 14.9 Å². The van der Waals surface area contributed by atoms with Gasteiger partial charge in [0.15, 0.2) is 5.69 Å². The summed E-state index contributed by atoms with van der Waals surface area (Å²) in [7, 11) is 0. The first kappa shape index (κ1) is 22.3. The maximum Gasteiger partial charge on any atom is 0.360 e. The van der Waals surface area contributed by atoms with E-state index >= 15 is 0 Å². The molecule has 1 aromatic heterocycles. The van der Waals surface area contributed by atoms with Gasteiger partial charge in [-0.25, -0.2) is 9.48 Å². The minimum Gasteiger partial charge on any atom is -0.461 e. The minimum absolute atomic E-state index is 0.0630. The summed E-state index contributed by atoms with van der Waals surface area (Å²) in [5.74, 6) is -0.671. The van der Waals surface area contributed by atoms with Gasteiger partial charge >= 0.3 is 5.97 Å². The highest BCUT2D eigenvalue weighted by Gasteiger charge is 2.46. The van der Waals surface area contributed by atoms with Crippen LogP contribution in [0.3, 0.4) is 0 Å². The van der Waals surface area contributed by atoms with Crippen LogP contribution in [0, 0.1) is 0 Å². The molecule has 5 atom stereocenters. The summed E-state index contributed by atoms with van der Waals surface area (Å²) < 4.78 is 11.7. The number of ether oxygens (including phenoxy) is 2. The van der Waals surface area contributed by atoms with E-state index in [-0.39, 0.29) is 12.3 Å². The molecule has 0 radical (unpaired) electrons. The quantitative estimate of drug-likeness (QED) is 0.546. The Labute approximate surface area is 180 Å². The number of halogens is 2. The third-order valence-corrected chi connectivity index (χ3v) is 6.18. The number of hydrogen-bond acceptors (Lipinski definition) is 9. The average molecular weight is 464 g/mol. The molecule has 5 unspecified atom stereocenters. The highest BCUT2D eigenvalue weighted by Crippen LogP contribution is 2.39. The van der Waals surface area contributed by atoms with Gasteiger partial charge in [0, 0.05) is 4.90 Å². The van der Waals surface area contributed by atoms with Gasteiger partial charge < -0.3 is 24.8 Å². The second-order valence-corrected chi connectivity index (χ2v) is 8.18. The SMILES string of the molecule is CCOC(=O)c1cn(C2C(O)C(CO)OC(Sc3ccc(Cl)c(Cl)c3)C2O)nn1. The van der Waals surface area contributed by atoms with Crippen molar-refractivity contribution >= 4 is 40.9 Å². The molecule has 158 valence electrons. The normalized spacial score (nSPS) is 27.0. The molecule has 1 saturated heterocycles. The van der Waals surface area contributed by atoms with Gasteiger partial charge in [0.25, 0.3) is 0 Å². The van der Waals surface area contributed by atoms with Gasteiger partial charge in [-0.15, -0.1) is 5.10 Å². The van der Waals surface area contributed by atoms with E-state index in [2.05, 4.69) is 10.3 Å². The summed E-state index contributed by atoms with van der Waals surface area (Å²) in [5, 5.41) is 39.3. The Hall–Kier alpha value is -1.40. The molecule has 1 aromatic carbocycles. The van der Waals surface area contributed by atoms with Crippen molar-refractivity contribution in [2.75, 3.05) is 13.2 Å². The zero-order valence-electron chi connectivity index (χ0n) is 15.2. The molecule has 0 bridgehead atoms. The molecule has 0 spiro atoms. The van der Waals surface area contributed by atoms with E-state index in [1.165, 1.54) is 10.9 Å². The number of benzene rings is 1. The van der Waals surface area contributed by atoms with Crippen LogP contribution in [0.5, 0.6) is 0 Å². The van der Waals surface area contributed by atoms with Gasteiger partial charge in [-0.3, -0.25) is 0 Å². The summed E-state index contributed by atoms with van der Waals surface area (Å²) in [6.07, 6.45) is -2.25. The van der Waals surface area contributed by atoms with Crippen LogP contribution in [0.25, 0.3) is 0 Å². The van der Waals surface area contributed by atoms with Gasteiger partial charge in [0.1, 0.15) is 29.8 Å². The smallest absolute Gasteiger partial charge is 0.360 e. The molecule has 0 amide bonds. The predicted octanol–water partition coefficient (Wildman–Crippen LogP) is 1.53. The molecule has 12 heteroatoms. The van der Waals surface area contributed by atoms with Gasteiger partial charge in [-0.05, 0) is 25.1 Å². The molecule has 3 N–H and O–H groups in total. The third kappa shape index (κ3) is 4.85. The van der Waals surface area contributed by atoms with Gasteiger partial charge in [0.05, 0.1) is 29.5 Å². The lowest BCUT2D eigenvalue weighted by molar-refractivity contribution is -0.178. The molecule has 29 heavy (non-hydrogen) atoms. The topological polar surface area (TPSA) is 127 Å². The lowest BCUT2D eigenvalue weighted by Crippen LogP contribution is -2.55. The standard InChI is InChI=1S/C17H19Cl2N3O6S/c1-2-27-16(26)11-6-22(21-20-11)13-14(24)12(7-23)28-17(15(13)25)29-8-3-4-9(18)10(19)5-8/h3-6,12-15,17,23-25H,2,7H2,1H3. The number of esters is 1. The van der Waals surface area contributed by atoms with Crippen molar-refractivity contribution in [1.82, 2.24) is 15.0 Å². The number of aromatic nitrogens is 3. The van der Waals surface area contributed by atoms with Crippen LogP contribution in [0.4, 0.5) is 0 Å². The number of hydrogen-bond donors (Lipinski definition) is 3. The first-order valence-corrected chi connectivity index (χ1v) is 10.3. The number of nitrogens with zero attached hydrogens (tertiary/aromatic N) is 3. The monoisotopic (exact) mass is 463 g/mol. The lowest BCUT2D eigenvalue weighted by Gasteiger charge is -2.41. The van der Waals surface area contributed by atoms with Crippen LogP contribution in [-0.4, -0.2) is 73.2 Å². The summed E-state index contributed by atoms with van der Waals surface area (Å²) in [6, 6.07) is 3.92. The van der Waals surface area contributed by atoms with E-state index in [4.69, 9.17) is 32.7 Å². The second-order valence-electron chi connectivity index (χ2n) is 6.20. The number of aliphatic hydroxyl groups is 3. The summed E-state index contributed by atoms with van der Waals surface area (Å²) in [4.78, 5) is 12.5. The van der Waals surface area contributed by atoms with E-state index in [1.807, 2.05) is 0 Å². The van der Waals surface area contributed by atoms with E-state index in [9.17, 15) is 20.1 Å². The highest BCUT2D eigenvalue weighted by atomic mass is 35.5. The van der Waals surface area contributed by atoms with E-state index in [1.54, 1.807) is 25.1 Å². The van der Waals surface area contributed by atoms with Gasteiger partial charge in [0.2, 0.25) is 0 Å². The van der Waals surface area contributed by atoms with Crippen LogP contribution < -0.4 is 0 Å². The molecule has 1 aliphatic heterocycles. The fraction of sp³-hybridized carbons (Fsp3) is 0.471. The molecule has 3 rings (SSSR count). The van der Waals surface area contributed by atoms with E-state index in [0.717, 1.165) is 11.8 Å². The number of rotatable bonds is 6. The Bertz CT molecular complexity index is 869. The largest absolute Gasteiger partial charge is 0.461 e. The summed E-state index contributed by atoms with van der Waals surface area (Å²) >= 11 is 13.1. The molecule has 2 aromatic rings. The van der Waals surface area contributed by atoms with Crippen molar-refractivity contribution < 1.29 is 29.6 Å². The maximum atomic E-state index is 11.8. The number of carbonyl (C=O) groups excluding carboxylic acids is 1. The number of aliphatic hydroxyl groups excluding tert-OH is 3. The molecule has 1 aliphatic rings. The van der Waals surface area contributed by atoms with Crippen molar-refractivity contribution in [3.8, 4) is 0 Å². The van der Waals surface area contributed by atoms with Crippen LogP contribution in [0.15, 0.2) is 29.3 Å². The fourth-order valence-electron chi connectivity index (χ4n) is 2.88. The Morgan fingerprint density at radius 2 is 2.07 bits per heavy atom. The molecular weight excluding hydrogens is 445 g/mol. The molecular formula is C17H19Cl2N3O6S. The van der Waals surface area contributed by atoms with Gasteiger partial charge in [-0.2, -0.15) is 0 Å². The van der Waals surface area contributed by atoms with Crippen molar-refractivity contribution in [2.45, 2.75) is 41.6 Å². The number of carbonyl (C=O) groups is 1. The van der Waals surface area contributed by atoms with E-state index < -0.39 is 42.4 Å². The van der Waals surface area contributed by atoms with Crippen molar-refractivity contribution in [2.24, 2.45) is 0 Å². The Morgan fingerprint density at radius 3 is 2.72 bits per heavy atom. The molecule has 0 aliphatic carbocycles. The molecule has 0 saturated carbocycles. The second kappa shape index (κ2) is 9.61. The maximum absolute atomic E-state index is 11.8.